The monoisotopic (exact) mass is 225 g/mol. The van der Waals surface area contributed by atoms with Gasteiger partial charge in [0.15, 0.2) is 0 Å². The standard InChI is InChI=1S/C12H19NOS/c1-6-7(2)9(4)11-10(8(6)3)12(14)13(5)15-11/h8-11H,1-5H3. The highest BCUT2D eigenvalue weighted by Gasteiger charge is 2.48. The van der Waals surface area contributed by atoms with E-state index in [-0.39, 0.29) is 5.92 Å². The first-order chi connectivity index (χ1) is 6.95. The third kappa shape index (κ3) is 1.43. The first-order valence-electron chi connectivity index (χ1n) is 5.56. The van der Waals surface area contributed by atoms with Crippen molar-refractivity contribution in [3.8, 4) is 0 Å². The smallest absolute Gasteiger partial charge is 0.237 e. The van der Waals surface area contributed by atoms with Crippen molar-refractivity contribution < 1.29 is 4.79 Å². The van der Waals surface area contributed by atoms with E-state index in [4.69, 9.17) is 0 Å². The molecule has 2 nitrogen and oxygen atoms in total. The van der Waals surface area contributed by atoms with Crippen LogP contribution in [-0.2, 0) is 4.79 Å². The second-order valence-electron chi connectivity index (χ2n) is 4.87. The zero-order valence-electron chi connectivity index (χ0n) is 10.1. The van der Waals surface area contributed by atoms with Gasteiger partial charge in [-0.05, 0) is 37.6 Å². The molecule has 0 saturated carbocycles. The van der Waals surface area contributed by atoms with Crippen molar-refractivity contribution >= 4 is 17.9 Å². The van der Waals surface area contributed by atoms with Crippen molar-refractivity contribution in [2.75, 3.05) is 7.05 Å². The molecule has 1 amide bonds. The molecular formula is C12H19NOS. The van der Waals surface area contributed by atoms with Gasteiger partial charge in [-0.1, -0.05) is 25.0 Å². The Hall–Kier alpha value is -0.440. The van der Waals surface area contributed by atoms with E-state index in [0.717, 1.165) is 0 Å². The van der Waals surface area contributed by atoms with Crippen LogP contribution in [0.25, 0.3) is 0 Å². The zero-order chi connectivity index (χ0) is 11.3. The lowest BCUT2D eigenvalue weighted by molar-refractivity contribution is -0.129. The fraction of sp³-hybridized carbons (Fsp3) is 0.750. The van der Waals surface area contributed by atoms with Gasteiger partial charge in [0, 0.05) is 12.3 Å². The van der Waals surface area contributed by atoms with Crippen molar-refractivity contribution in [3.63, 3.8) is 0 Å². The number of carbonyl (C=O) groups is 1. The van der Waals surface area contributed by atoms with E-state index in [1.807, 2.05) is 11.4 Å². The Kier molecular flexibility index (Phi) is 2.61. The number of fused-ring (bicyclic) bond motifs is 1. The number of carbonyl (C=O) groups excluding carboxylic acids is 1. The molecule has 0 aromatic rings. The molecule has 1 fully saturated rings. The lowest BCUT2D eigenvalue weighted by atomic mass is 9.71. The van der Waals surface area contributed by atoms with Gasteiger partial charge in [-0.2, -0.15) is 0 Å². The number of hydrogen-bond acceptors (Lipinski definition) is 2. The molecule has 4 atom stereocenters. The third-order valence-corrected chi connectivity index (χ3v) is 5.69. The Morgan fingerprint density at radius 2 is 1.67 bits per heavy atom. The molecule has 0 aromatic carbocycles. The largest absolute Gasteiger partial charge is 0.289 e. The minimum atomic E-state index is 0.207. The van der Waals surface area contributed by atoms with Crippen LogP contribution in [0, 0.1) is 17.8 Å². The van der Waals surface area contributed by atoms with Crippen LogP contribution in [0.4, 0.5) is 0 Å². The fourth-order valence-corrected chi connectivity index (χ4v) is 4.25. The van der Waals surface area contributed by atoms with Crippen molar-refractivity contribution in [1.29, 1.82) is 0 Å². The summed E-state index contributed by atoms with van der Waals surface area (Å²) < 4.78 is 1.83. The van der Waals surface area contributed by atoms with Crippen molar-refractivity contribution in [1.82, 2.24) is 4.31 Å². The van der Waals surface area contributed by atoms with Crippen LogP contribution in [0.2, 0.25) is 0 Å². The Bertz CT molecular complexity index is 337. The van der Waals surface area contributed by atoms with E-state index in [0.29, 0.717) is 23.0 Å². The second kappa shape index (κ2) is 3.55. The molecular weight excluding hydrogens is 206 g/mol. The molecule has 1 saturated heterocycles. The van der Waals surface area contributed by atoms with E-state index in [1.54, 1.807) is 11.9 Å². The van der Waals surface area contributed by atoms with Crippen LogP contribution < -0.4 is 0 Å². The van der Waals surface area contributed by atoms with Crippen LogP contribution in [0.15, 0.2) is 11.1 Å². The summed E-state index contributed by atoms with van der Waals surface area (Å²) in [5.41, 5.74) is 2.91. The van der Waals surface area contributed by atoms with Crippen molar-refractivity contribution in [2.45, 2.75) is 32.9 Å². The van der Waals surface area contributed by atoms with Gasteiger partial charge in [0.25, 0.3) is 0 Å². The quantitative estimate of drug-likeness (QED) is 0.467. The summed E-state index contributed by atoms with van der Waals surface area (Å²) in [6, 6.07) is 0. The highest BCUT2D eigenvalue weighted by Crippen LogP contribution is 2.49. The lowest BCUT2D eigenvalue weighted by Crippen LogP contribution is -2.37. The molecule has 0 bridgehead atoms. The molecule has 1 aliphatic carbocycles. The molecule has 1 aliphatic heterocycles. The van der Waals surface area contributed by atoms with E-state index >= 15 is 0 Å². The zero-order valence-corrected chi connectivity index (χ0v) is 10.9. The molecule has 0 aromatic heterocycles. The van der Waals surface area contributed by atoms with Crippen LogP contribution in [0.1, 0.15) is 27.7 Å². The summed E-state index contributed by atoms with van der Waals surface area (Å²) in [5.74, 6) is 1.47. The maximum absolute atomic E-state index is 12.0. The minimum absolute atomic E-state index is 0.207. The molecule has 4 unspecified atom stereocenters. The predicted octanol–water partition coefficient (Wildman–Crippen LogP) is 2.71. The maximum atomic E-state index is 12.0. The van der Waals surface area contributed by atoms with E-state index in [1.165, 1.54) is 11.1 Å². The fourth-order valence-electron chi connectivity index (χ4n) is 2.79. The molecule has 0 spiro atoms. The molecule has 0 radical (unpaired) electrons. The van der Waals surface area contributed by atoms with Gasteiger partial charge in [0.2, 0.25) is 5.91 Å². The topological polar surface area (TPSA) is 20.3 Å². The van der Waals surface area contributed by atoms with Crippen LogP contribution >= 0.6 is 11.9 Å². The number of hydrogen-bond donors (Lipinski definition) is 0. The van der Waals surface area contributed by atoms with Gasteiger partial charge < -0.3 is 0 Å². The number of nitrogens with zero attached hydrogens (tertiary/aromatic N) is 1. The summed E-state index contributed by atoms with van der Waals surface area (Å²) in [7, 11) is 1.90. The molecule has 15 heavy (non-hydrogen) atoms. The normalized spacial score (nSPS) is 41.1. The predicted molar refractivity (Wildman–Crippen MR) is 64.3 cm³/mol. The molecule has 84 valence electrons. The number of allylic oxidation sites excluding steroid dienone is 2. The Morgan fingerprint density at radius 1 is 1.13 bits per heavy atom. The van der Waals surface area contributed by atoms with Gasteiger partial charge in [-0.25, -0.2) is 0 Å². The third-order valence-electron chi connectivity index (χ3n) is 4.25. The molecule has 2 aliphatic rings. The van der Waals surface area contributed by atoms with Gasteiger partial charge in [0.1, 0.15) is 0 Å². The summed E-state index contributed by atoms with van der Waals surface area (Å²) in [6.07, 6.45) is 0. The van der Waals surface area contributed by atoms with Gasteiger partial charge >= 0.3 is 0 Å². The summed E-state index contributed by atoms with van der Waals surface area (Å²) in [6.45, 7) is 8.85. The summed E-state index contributed by atoms with van der Waals surface area (Å²) >= 11 is 1.72. The maximum Gasteiger partial charge on any atom is 0.237 e. The Morgan fingerprint density at radius 3 is 2.27 bits per heavy atom. The average molecular weight is 225 g/mol. The molecule has 1 heterocycles. The van der Waals surface area contributed by atoms with Gasteiger partial charge in [0.05, 0.1) is 5.92 Å². The van der Waals surface area contributed by atoms with Gasteiger partial charge in [-0.15, -0.1) is 0 Å². The molecule has 3 heteroatoms. The molecule has 0 N–H and O–H groups in total. The van der Waals surface area contributed by atoms with Crippen LogP contribution in [0.5, 0.6) is 0 Å². The number of amides is 1. The van der Waals surface area contributed by atoms with Gasteiger partial charge in [-0.3, -0.25) is 9.10 Å². The average Bonchev–Trinajstić information content (AvgIpc) is 2.50. The minimum Gasteiger partial charge on any atom is -0.289 e. The summed E-state index contributed by atoms with van der Waals surface area (Å²) in [4.78, 5) is 12.0. The molecule has 2 rings (SSSR count). The van der Waals surface area contributed by atoms with E-state index in [2.05, 4.69) is 27.7 Å². The van der Waals surface area contributed by atoms with Crippen LogP contribution in [-0.4, -0.2) is 22.5 Å². The highest BCUT2D eigenvalue weighted by atomic mass is 32.2. The lowest BCUT2D eigenvalue weighted by Gasteiger charge is -2.35. The highest BCUT2D eigenvalue weighted by molar-refractivity contribution is 7.98. The second-order valence-corrected chi connectivity index (χ2v) is 6.18. The number of rotatable bonds is 0. The van der Waals surface area contributed by atoms with Crippen molar-refractivity contribution in [3.05, 3.63) is 11.1 Å². The Balaban J connectivity index is 2.41. The SMILES string of the molecule is CC1=C(C)C(C)C2C(=O)N(C)SC2C1C. The van der Waals surface area contributed by atoms with E-state index < -0.39 is 0 Å². The van der Waals surface area contributed by atoms with Crippen LogP contribution in [0.3, 0.4) is 0 Å². The van der Waals surface area contributed by atoms with E-state index in [9.17, 15) is 4.79 Å². The Labute approximate surface area is 96.2 Å². The first kappa shape index (κ1) is 11.1. The first-order valence-corrected chi connectivity index (χ1v) is 6.40. The van der Waals surface area contributed by atoms with Crippen molar-refractivity contribution in [2.24, 2.45) is 17.8 Å². The summed E-state index contributed by atoms with van der Waals surface area (Å²) in [5, 5.41) is 0.459.